The van der Waals surface area contributed by atoms with Gasteiger partial charge in [0.2, 0.25) is 0 Å². The molecule has 0 aromatic heterocycles. The molecule has 0 heterocycles. The van der Waals surface area contributed by atoms with Gasteiger partial charge in [-0.1, -0.05) is 260 Å². The number of rotatable bonds is 51. The van der Waals surface area contributed by atoms with Gasteiger partial charge in [-0.05, 0) is 77.0 Å². The van der Waals surface area contributed by atoms with Crippen LogP contribution < -0.4 is 0 Å². The Morgan fingerprint density at radius 1 is 0.309 bits per heavy atom. The molecule has 0 spiro atoms. The van der Waals surface area contributed by atoms with Crippen molar-refractivity contribution in [1.82, 2.24) is 0 Å². The second-order valence-corrected chi connectivity index (χ2v) is 18.8. The Kier molecular flexibility index (Phi) is 53.4. The Labute approximate surface area is 420 Å². The third kappa shape index (κ3) is 53.5. The van der Waals surface area contributed by atoms with Gasteiger partial charge in [0.15, 0.2) is 6.10 Å². The van der Waals surface area contributed by atoms with Crippen LogP contribution in [0.2, 0.25) is 0 Å². The van der Waals surface area contributed by atoms with Crippen LogP contribution in [-0.4, -0.2) is 37.2 Å². The lowest BCUT2D eigenvalue weighted by molar-refractivity contribution is -0.167. The fraction of sp³-hybridized carbons (Fsp3) is 0.726. The Bertz CT molecular complexity index is 1320. The van der Waals surface area contributed by atoms with Gasteiger partial charge < -0.3 is 14.2 Å². The molecule has 0 aliphatic rings. The summed E-state index contributed by atoms with van der Waals surface area (Å²) in [4.78, 5) is 37.6. The molecular formula is C62H106O6. The summed E-state index contributed by atoms with van der Waals surface area (Å²) in [6.45, 7) is 6.43. The molecule has 0 saturated carbocycles. The average molecular weight is 948 g/mol. The second-order valence-electron chi connectivity index (χ2n) is 18.8. The van der Waals surface area contributed by atoms with Gasteiger partial charge in [0, 0.05) is 19.3 Å². The van der Waals surface area contributed by atoms with Crippen molar-refractivity contribution in [3.63, 3.8) is 0 Å². The number of allylic oxidation sites excluding steroid dienone is 14. The summed E-state index contributed by atoms with van der Waals surface area (Å²) >= 11 is 0. The van der Waals surface area contributed by atoms with Gasteiger partial charge in [-0.3, -0.25) is 14.4 Å². The first kappa shape index (κ1) is 64.6. The highest BCUT2D eigenvalue weighted by atomic mass is 16.6. The summed E-state index contributed by atoms with van der Waals surface area (Å²) in [5.41, 5.74) is 0. The van der Waals surface area contributed by atoms with Gasteiger partial charge in [-0.2, -0.15) is 0 Å². The van der Waals surface area contributed by atoms with Crippen molar-refractivity contribution >= 4 is 17.9 Å². The highest BCUT2D eigenvalue weighted by molar-refractivity contribution is 5.71. The molecule has 6 nitrogen and oxygen atoms in total. The molecule has 0 amide bonds. The van der Waals surface area contributed by atoms with Crippen LogP contribution in [0.3, 0.4) is 0 Å². The molecule has 1 atom stereocenters. The van der Waals surface area contributed by atoms with E-state index in [9.17, 15) is 14.4 Å². The topological polar surface area (TPSA) is 78.9 Å². The highest BCUT2D eigenvalue weighted by Gasteiger charge is 2.19. The van der Waals surface area contributed by atoms with Crippen molar-refractivity contribution in [3.05, 3.63) is 85.1 Å². The van der Waals surface area contributed by atoms with Gasteiger partial charge in [-0.25, -0.2) is 0 Å². The first-order chi connectivity index (χ1) is 33.5. The van der Waals surface area contributed by atoms with Crippen molar-refractivity contribution < 1.29 is 28.6 Å². The maximum atomic E-state index is 12.7. The Balaban J connectivity index is 3.91. The first-order valence-corrected chi connectivity index (χ1v) is 28.6. The van der Waals surface area contributed by atoms with Gasteiger partial charge in [0.05, 0.1) is 0 Å². The second kappa shape index (κ2) is 56.2. The van der Waals surface area contributed by atoms with E-state index < -0.39 is 6.10 Å². The largest absolute Gasteiger partial charge is 0.462 e. The van der Waals surface area contributed by atoms with Crippen LogP contribution in [0.15, 0.2) is 85.1 Å². The van der Waals surface area contributed by atoms with Gasteiger partial charge in [0.25, 0.3) is 0 Å². The number of unbranched alkanes of at least 4 members (excludes halogenated alkanes) is 26. The van der Waals surface area contributed by atoms with E-state index in [-0.39, 0.29) is 31.1 Å². The molecule has 6 heteroatoms. The summed E-state index contributed by atoms with van der Waals surface area (Å²) in [5.74, 6) is -0.886. The summed E-state index contributed by atoms with van der Waals surface area (Å²) in [7, 11) is 0. The van der Waals surface area contributed by atoms with E-state index >= 15 is 0 Å². The molecule has 390 valence electrons. The Morgan fingerprint density at radius 2 is 0.574 bits per heavy atom. The zero-order valence-electron chi connectivity index (χ0n) is 44.6. The quantitative estimate of drug-likeness (QED) is 0.0262. The zero-order chi connectivity index (χ0) is 49.3. The summed E-state index contributed by atoms with van der Waals surface area (Å²) in [6, 6.07) is 0. The minimum absolute atomic E-state index is 0.0734. The molecule has 0 aliphatic heterocycles. The molecule has 0 fully saturated rings. The first-order valence-electron chi connectivity index (χ1n) is 28.6. The Morgan fingerprint density at radius 3 is 0.897 bits per heavy atom. The van der Waals surface area contributed by atoms with Crippen molar-refractivity contribution in [3.8, 4) is 0 Å². The Hall–Kier alpha value is -3.41. The van der Waals surface area contributed by atoms with Crippen molar-refractivity contribution in [2.24, 2.45) is 0 Å². The third-order valence-electron chi connectivity index (χ3n) is 12.2. The molecule has 1 unspecified atom stereocenters. The van der Waals surface area contributed by atoms with E-state index in [1.807, 2.05) is 0 Å². The monoisotopic (exact) mass is 947 g/mol. The van der Waals surface area contributed by atoms with E-state index in [4.69, 9.17) is 14.2 Å². The lowest BCUT2D eigenvalue weighted by atomic mass is 10.0. The van der Waals surface area contributed by atoms with Crippen LogP contribution in [0.4, 0.5) is 0 Å². The molecule has 0 aliphatic carbocycles. The highest BCUT2D eigenvalue weighted by Crippen LogP contribution is 2.16. The number of carbonyl (C=O) groups is 3. The lowest BCUT2D eigenvalue weighted by Crippen LogP contribution is -2.30. The third-order valence-corrected chi connectivity index (χ3v) is 12.2. The molecule has 0 rings (SSSR count). The average Bonchev–Trinajstić information content (AvgIpc) is 3.34. The van der Waals surface area contributed by atoms with Crippen LogP contribution in [0.5, 0.6) is 0 Å². The summed E-state index contributed by atoms with van der Waals surface area (Å²) in [5, 5.41) is 0. The maximum Gasteiger partial charge on any atom is 0.306 e. The predicted octanol–water partition coefficient (Wildman–Crippen LogP) is 19.2. The van der Waals surface area contributed by atoms with E-state index in [1.165, 1.54) is 122 Å². The van der Waals surface area contributed by atoms with E-state index in [1.54, 1.807) is 0 Å². The molecule has 0 aromatic carbocycles. The lowest BCUT2D eigenvalue weighted by Gasteiger charge is -2.18. The number of hydrogen-bond acceptors (Lipinski definition) is 6. The van der Waals surface area contributed by atoms with E-state index in [0.717, 1.165) is 109 Å². The molecule has 0 bridgehead atoms. The van der Waals surface area contributed by atoms with Crippen LogP contribution in [0.25, 0.3) is 0 Å². The molecule has 68 heavy (non-hydrogen) atoms. The molecular weight excluding hydrogens is 841 g/mol. The van der Waals surface area contributed by atoms with Crippen molar-refractivity contribution in [2.45, 2.75) is 277 Å². The maximum absolute atomic E-state index is 12.7. The van der Waals surface area contributed by atoms with Crippen LogP contribution >= 0.6 is 0 Å². The fourth-order valence-corrected chi connectivity index (χ4v) is 7.89. The minimum atomic E-state index is -0.767. The van der Waals surface area contributed by atoms with Gasteiger partial charge in [0.1, 0.15) is 13.2 Å². The minimum Gasteiger partial charge on any atom is -0.462 e. The number of ether oxygens (including phenoxy) is 3. The molecule has 0 aromatic rings. The predicted molar refractivity (Wildman–Crippen MR) is 293 cm³/mol. The van der Waals surface area contributed by atoms with E-state index in [2.05, 4.69) is 106 Å². The van der Waals surface area contributed by atoms with Gasteiger partial charge in [-0.15, -0.1) is 0 Å². The van der Waals surface area contributed by atoms with Crippen molar-refractivity contribution in [2.75, 3.05) is 13.2 Å². The van der Waals surface area contributed by atoms with E-state index in [0.29, 0.717) is 19.3 Å². The van der Waals surface area contributed by atoms with Crippen molar-refractivity contribution in [1.29, 1.82) is 0 Å². The smallest absolute Gasteiger partial charge is 0.306 e. The SMILES string of the molecule is CC/C=C\C/C=C\C/C=C\C/C=C\C/C=C\C/C=C\C/C=C\CCCCCCCCCCCCCCCC(=O)OCC(COC(=O)CCCCCCC)OC(=O)CCCCCCCCCCCC. The number of hydrogen-bond donors (Lipinski definition) is 0. The normalized spacial score (nSPS) is 12.7. The van der Waals surface area contributed by atoms with Crippen LogP contribution in [0.1, 0.15) is 271 Å². The number of carbonyl (C=O) groups excluding carboxylic acids is 3. The molecule has 0 radical (unpaired) electrons. The zero-order valence-corrected chi connectivity index (χ0v) is 44.6. The standard InChI is InChI=1S/C62H106O6/c1-4-7-10-13-15-17-19-20-21-22-23-24-25-26-27-28-29-30-31-32-33-34-35-36-37-38-39-40-41-42-43-45-46-49-52-55-61(64)67-58-59(57-66-60(63)54-51-48-12-9-6-3)68-62(65)56-53-50-47-44-18-16-14-11-8-5-2/h7,10,15,17,20-21,23-24,26-27,29-30,32-33,59H,4-6,8-9,11-14,16,18-19,22,25,28,31,34-58H2,1-3H3/b10-7-,17-15-,21-20-,24-23-,27-26-,30-29-,33-32-. The molecule has 0 saturated heterocycles. The summed E-state index contributed by atoms with van der Waals surface area (Å²) < 4.78 is 16.6. The fourth-order valence-electron chi connectivity index (χ4n) is 7.89. The van der Waals surface area contributed by atoms with Crippen LogP contribution in [-0.2, 0) is 28.6 Å². The number of esters is 3. The van der Waals surface area contributed by atoms with Crippen LogP contribution in [0, 0.1) is 0 Å². The summed E-state index contributed by atoms with van der Waals surface area (Å²) in [6.07, 6.45) is 73.5. The molecule has 0 N–H and O–H groups in total. The van der Waals surface area contributed by atoms with Gasteiger partial charge >= 0.3 is 17.9 Å².